The number of hydrogen-bond donors (Lipinski definition) is 2. The van der Waals surface area contributed by atoms with Crippen LogP contribution in [0.15, 0.2) is 24.3 Å². The maximum atomic E-state index is 8.75. The van der Waals surface area contributed by atoms with E-state index in [1.54, 1.807) is 0 Å². The van der Waals surface area contributed by atoms with Crippen molar-refractivity contribution in [3.63, 3.8) is 0 Å². The van der Waals surface area contributed by atoms with Crippen LogP contribution in [0.1, 0.15) is 77.6 Å². The Balaban J connectivity index is 3.18. The molecule has 0 aliphatic heterocycles. The first kappa shape index (κ1) is 19.4. The molecule has 2 heteroatoms. The van der Waals surface area contributed by atoms with Crippen LogP contribution in [0.25, 0.3) is 0 Å². The zero-order valence-corrected chi connectivity index (χ0v) is 13.4. The van der Waals surface area contributed by atoms with Gasteiger partial charge < -0.3 is 10.8 Å². The van der Waals surface area contributed by atoms with E-state index in [1.165, 1.54) is 57.8 Å². The summed E-state index contributed by atoms with van der Waals surface area (Å²) in [5, 5.41) is 8.75. The number of hydrogen-bond acceptors (Lipinski definition) is 2. The molecule has 0 bridgehead atoms. The Morgan fingerprint density at radius 1 is 0.800 bits per heavy atom. The van der Waals surface area contributed by atoms with Crippen LogP contribution < -0.4 is 5.73 Å². The Morgan fingerprint density at radius 2 is 1.35 bits per heavy atom. The van der Waals surface area contributed by atoms with E-state index in [2.05, 4.69) is 25.2 Å². The van der Waals surface area contributed by atoms with Gasteiger partial charge in [-0.3, -0.25) is 0 Å². The van der Waals surface area contributed by atoms with Crippen LogP contribution in [-0.4, -0.2) is 17.8 Å². The minimum atomic E-state index is -0.192. The Labute approximate surface area is 126 Å². The van der Waals surface area contributed by atoms with E-state index in [-0.39, 0.29) is 12.6 Å². The first-order valence-electron chi connectivity index (χ1n) is 8.49. The van der Waals surface area contributed by atoms with Gasteiger partial charge in [0, 0.05) is 6.04 Å². The second-order valence-corrected chi connectivity index (χ2v) is 5.59. The van der Waals surface area contributed by atoms with Gasteiger partial charge in [0.1, 0.15) is 0 Å². The predicted octanol–water partition coefficient (Wildman–Crippen LogP) is 4.73. The van der Waals surface area contributed by atoms with Gasteiger partial charge in [-0.15, -0.1) is 0 Å². The molecule has 0 unspecified atom stereocenters. The largest absolute Gasteiger partial charge is 0.394 e. The van der Waals surface area contributed by atoms with Crippen LogP contribution in [-0.2, 0) is 0 Å². The molecule has 20 heavy (non-hydrogen) atoms. The van der Waals surface area contributed by atoms with Crippen molar-refractivity contribution in [2.45, 2.75) is 83.6 Å². The van der Waals surface area contributed by atoms with Crippen molar-refractivity contribution in [3.05, 3.63) is 24.3 Å². The van der Waals surface area contributed by atoms with E-state index in [4.69, 9.17) is 10.8 Å². The lowest BCUT2D eigenvalue weighted by atomic mass is 10.1. The average molecular weight is 281 g/mol. The highest BCUT2D eigenvalue weighted by atomic mass is 16.3. The number of aliphatic hydroxyl groups is 1. The second-order valence-electron chi connectivity index (χ2n) is 5.59. The first-order chi connectivity index (χ1) is 9.81. The number of rotatable bonds is 14. The maximum Gasteiger partial charge on any atom is 0.0618 e. The summed E-state index contributed by atoms with van der Waals surface area (Å²) in [6, 6.07) is -0.192. The van der Waals surface area contributed by atoms with Gasteiger partial charge in [-0.05, 0) is 32.1 Å². The molecule has 0 saturated heterocycles. The molecule has 0 fully saturated rings. The van der Waals surface area contributed by atoms with Gasteiger partial charge in [-0.25, -0.2) is 0 Å². The molecule has 3 N–H and O–H groups in total. The molecular formula is C18H35NO. The van der Waals surface area contributed by atoms with Crippen molar-refractivity contribution in [1.82, 2.24) is 0 Å². The van der Waals surface area contributed by atoms with Crippen molar-refractivity contribution in [2.24, 2.45) is 5.73 Å². The molecule has 0 aromatic carbocycles. The summed E-state index contributed by atoms with van der Waals surface area (Å²) < 4.78 is 0. The van der Waals surface area contributed by atoms with Gasteiger partial charge in [0.2, 0.25) is 0 Å². The molecule has 0 radical (unpaired) electrons. The normalized spacial score (nSPS) is 13.6. The van der Waals surface area contributed by atoms with Crippen molar-refractivity contribution >= 4 is 0 Å². The van der Waals surface area contributed by atoms with E-state index in [0.717, 1.165) is 12.8 Å². The summed E-state index contributed by atoms with van der Waals surface area (Å²) in [5.74, 6) is 0. The zero-order chi connectivity index (χ0) is 14.9. The lowest BCUT2D eigenvalue weighted by Gasteiger charge is -1.99. The summed E-state index contributed by atoms with van der Waals surface area (Å²) in [6.45, 7) is 2.30. The van der Waals surface area contributed by atoms with E-state index in [0.29, 0.717) is 0 Å². The highest BCUT2D eigenvalue weighted by molar-refractivity contribution is 4.91. The van der Waals surface area contributed by atoms with Gasteiger partial charge in [-0.2, -0.15) is 0 Å². The predicted molar refractivity (Wildman–Crippen MR) is 89.8 cm³/mol. The standard InChI is InChI=1S/C18H35NO/c1-2-3-4-5-6-7-8-9-10-11-12-13-14-15-16-18(19)17-20/h10-11,15-16,18,20H,2-9,12-14,17,19H2,1H3/b11-10-,16-15+/t18-/m1/s1. The smallest absolute Gasteiger partial charge is 0.0618 e. The van der Waals surface area contributed by atoms with E-state index in [1.807, 2.05) is 6.08 Å². The third-order valence-corrected chi connectivity index (χ3v) is 3.48. The van der Waals surface area contributed by atoms with Gasteiger partial charge >= 0.3 is 0 Å². The van der Waals surface area contributed by atoms with Crippen LogP contribution >= 0.6 is 0 Å². The number of aliphatic hydroxyl groups excluding tert-OH is 1. The highest BCUT2D eigenvalue weighted by Gasteiger charge is 1.91. The molecule has 0 saturated carbocycles. The monoisotopic (exact) mass is 281 g/mol. The van der Waals surface area contributed by atoms with Crippen molar-refractivity contribution in [1.29, 1.82) is 0 Å². The summed E-state index contributed by atoms with van der Waals surface area (Å²) in [7, 11) is 0. The summed E-state index contributed by atoms with van der Waals surface area (Å²) in [4.78, 5) is 0. The molecule has 0 rings (SSSR count). The molecule has 2 nitrogen and oxygen atoms in total. The number of nitrogens with two attached hydrogens (primary N) is 1. The molecule has 118 valence electrons. The number of unbranched alkanes of at least 4 members (excludes halogenated alkanes) is 9. The third kappa shape index (κ3) is 15.5. The lowest BCUT2D eigenvalue weighted by molar-refractivity contribution is 0.284. The van der Waals surface area contributed by atoms with Gasteiger partial charge in [0.05, 0.1) is 6.61 Å². The van der Waals surface area contributed by atoms with Crippen LogP contribution in [0.2, 0.25) is 0 Å². The topological polar surface area (TPSA) is 46.2 Å². The Hall–Kier alpha value is -0.600. The molecular weight excluding hydrogens is 246 g/mol. The van der Waals surface area contributed by atoms with Crippen LogP contribution in [0.4, 0.5) is 0 Å². The molecule has 0 amide bonds. The Morgan fingerprint density at radius 3 is 2.00 bits per heavy atom. The number of allylic oxidation sites excluding steroid dienone is 3. The quantitative estimate of drug-likeness (QED) is 0.357. The minimum Gasteiger partial charge on any atom is -0.394 e. The maximum absolute atomic E-state index is 8.75. The van der Waals surface area contributed by atoms with E-state index in [9.17, 15) is 0 Å². The fraction of sp³-hybridized carbons (Fsp3) is 0.778. The Bertz CT molecular complexity index is 236. The minimum absolute atomic E-state index is 0.0366. The second kappa shape index (κ2) is 16.5. The van der Waals surface area contributed by atoms with Crippen LogP contribution in [0.3, 0.4) is 0 Å². The molecule has 0 aliphatic rings. The Kier molecular flexibility index (Phi) is 16.0. The lowest BCUT2D eigenvalue weighted by Crippen LogP contribution is -2.20. The molecule has 0 aromatic rings. The molecule has 1 atom stereocenters. The molecule has 0 aromatic heterocycles. The summed E-state index contributed by atoms with van der Waals surface area (Å²) in [6.07, 6.45) is 22.9. The van der Waals surface area contributed by atoms with E-state index < -0.39 is 0 Å². The summed E-state index contributed by atoms with van der Waals surface area (Å²) >= 11 is 0. The van der Waals surface area contributed by atoms with E-state index >= 15 is 0 Å². The molecule has 0 aliphatic carbocycles. The first-order valence-corrected chi connectivity index (χ1v) is 8.49. The highest BCUT2D eigenvalue weighted by Crippen LogP contribution is 2.09. The third-order valence-electron chi connectivity index (χ3n) is 3.48. The fourth-order valence-corrected chi connectivity index (χ4v) is 2.14. The molecule has 0 heterocycles. The van der Waals surface area contributed by atoms with Crippen LogP contribution in [0, 0.1) is 0 Å². The fourth-order valence-electron chi connectivity index (χ4n) is 2.14. The zero-order valence-electron chi connectivity index (χ0n) is 13.4. The van der Waals surface area contributed by atoms with Crippen molar-refractivity contribution in [3.8, 4) is 0 Å². The van der Waals surface area contributed by atoms with Crippen molar-refractivity contribution in [2.75, 3.05) is 6.61 Å². The average Bonchev–Trinajstić information content (AvgIpc) is 2.47. The van der Waals surface area contributed by atoms with Crippen LogP contribution in [0.5, 0.6) is 0 Å². The SMILES string of the molecule is CCCCCCCCC/C=C\CCC/C=C/[C@@H](N)CO. The molecule has 0 spiro atoms. The summed E-state index contributed by atoms with van der Waals surface area (Å²) in [5.41, 5.74) is 5.57. The van der Waals surface area contributed by atoms with Crippen molar-refractivity contribution < 1.29 is 5.11 Å². The van der Waals surface area contributed by atoms with Gasteiger partial charge in [0.25, 0.3) is 0 Å². The van der Waals surface area contributed by atoms with Gasteiger partial charge in [0.15, 0.2) is 0 Å². The van der Waals surface area contributed by atoms with Gasteiger partial charge in [-0.1, -0.05) is 69.8 Å².